The Hall–Kier alpha value is -1.59. The molecule has 2 rings (SSSR count). The maximum Gasteiger partial charge on any atom is 0.220 e. The van der Waals surface area contributed by atoms with E-state index < -0.39 is 6.10 Å². The first-order valence-electron chi connectivity index (χ1n) is 8.08. The number of aliphatic hydroxyl groups excluding tert-OH is 1. The lowest BCUT2D eigenvalue weighted by molar-refractivity contribution is -0.121. The molecule has 122 valence electrons. The zero-order valence-corrected chi connectivity index (χ0v) is 13.3. The number of anilines is 1. The van der Waals surface area contributed by atoms with Crippen LogP contribution in [0.3, 0.4) is 0 Å². The summed E-state index contributed by atoms with van der Waals surface area (Å²) in [6.45, 7) is 5.63. The molecule has 1 aliphatic rings. The van der Waals surface area contributed by atoms with Crippen molar-refractivity contribution in [1.29, 1.82) is 0 Å². The molecule has 22 heavy (non-hydrogen) atoms. The highest BCUT2D eigenvalue weighted by Crippen LogP contribution is 2.20. The van der Waals surface area contributed by atoms with Crippen LogP contribution in [-0.4, -0.2) is 43.9 Å². The van der Waals surface area contributed by atoms with E-state index in [0.717, 1.165) is 50.4 Å². The molecule has 5 heteroatoms. The Bertz CT molecular complexity index is 455. The summed E-state index contributed by atoms with van der Waals surface area (Å²) in [5.74, 6) is 0.00540. The minimum atomic E-state index is -0.663. The molecule has 1 aromatic rings. The quantitative estimate of drug-likeness (QED) is 0.807. The van der Waals surface area contributed by atoms with E-state index in [1.807, 2.05) is 24.3 Å². The van der Waals surface area contributed by atoms with Crippen molar-refractivity contribution in [2.75, 3.05) is 37.7 Å². The van der Waals surface area contributed by atoms with Gasteiger partial charge in [-0.2, -0.15) is 0 Å². The number of ether oxygens (including phenoxy) is 1. The summed E-state index contributed by atoms with van der Waals surface area (Å²) in [6, 6.07) is 7.88. The minimum Gasteiger partial charge on any atom is -0.387 e. The third-order valence-corrected chi connectivity index (χ3v) is 3.90. The lowest BCUT2D eigenvalue weighted by atomic mass is 10.1. The van der Waals surface area contributed by atoms with E-state index in [2.05, 4.69) is 17.1 Å². The van der Waals surface area contributed by atoms with Crippen LogP contribution in [0.25, 0.3) is 0 Å². The zero-order chi connectivity index (χ0) is 15.8. The van der Waals surface area contributed by atoms with E-state index in [0.29, 0.717) is 6.42 Å². The average molecular weight is 306 g/mol. The molecular weight excluding hydrogens is 280 g/mol. The number of aliphatic hydroxyl groups is 1. The van der Waals surface area contributed by atoms with Gasteiger partial charge in [-0.05, 0) is 24.1 Å². The molecule has 1 aromatic carbocycles. The Morgan fingerprint density at radius 1 is 1.32 bits per heavy atom. The van der Waals surface area contributed by atoms with Crippen molar-refractivity contribution >= 4 is 11.6 Å². The fourth-order valence-corrected chi connectivity index (χ4v) is 2.48. The Balaban J connectivity index is 1.82. The largest absolute Gasteiger partial charge is 0.387 e. The number of amides is 1. The molecule has 0 aromatic heterocycles. The van der Waals surface area contributed by atoms with Crippen molar-refractivity contribution in [3.8, 4) is 0 Å². The summed E-state index contributed by atoms with van der Waals surface area (Å²) in [5.41, 5.74) is 1.97. The van der Waals surface area contributed by atoms with Crippen molar-refractivity contribution in [3.63, 3.8) is 0 Å². The Morgan fingerprint density at radius 2 is 2.00 bits per heavy atom. The fraction of sp³-hybridized carbons (Fsp3) is 0.588. The Morgan fingerprint density at radius 3 is 2.64 bits per heavy atom. The number of benzene rings is 1. The number of carbonyl (C=O) groups excluding carboxylic acids is 1. The lowest BCUT2D eigenvalue weighted by Crippen LogP contribution is -2.36. The summed E-state index contributed by atoms with van der Waals surface area (Å²) in [5, 5.41) is 12.9. The molecule has 1 heterocycles. The van der Waals surface area contributed by atoms with E-state index in [4.69, 9.17) is 4.74 Å². The van der Waals surface area contributed by atoms with Gasteiger partial charge in [0.25, 0.3) is 0 Å². The van der Waals surface area contributed by atoms with Crippen LogP contribution in [0.4, 0.5) is 5.69 Å². The van der Waals surface area contributed by atoms with E-state index >= 15 is 0 Å². The first kappa shape index (κ1) is 16.8. The molecule has 5 nitrogen and oxygen atoms in total. The van der Waals surface area contributed by atoms with Crippen molar-refractivity contribution < 1.29 is 14.6 Å². The second-order valence-electron chi connectivity index (χ2n) is 5.61. The number of carbonyl (C=O) groups is 1. The molecule has 1 saturated heterocycles. The minimum absolute atomic E-state index is 0.00540. The van der Waals surface area contributed by atoms with Crippen molar-refractivity contribution in [2.45, 2.75) is 32.3 Å². The highest BCUT2D eigenvalue weighted by atomic mass is 16.5. The molecule has 0 saturated carbocycles. The van der Waals surface area contributed by atoms with Gasteiger partial charge in [-0.3, -0.25) is 4.79 Å². The van der Waals surface area contributed by atoms with Crippen molar-refractivity contribution in [2.24, 2.45) is 0 Å². The molecule has 1 atom stereocenters. The van der Waals surface area contributed by atoms with E-state index in [9.17, 15) is 9.90 Å². The second kappa shape index (κ2) is 8.76. The van der Waals surface area contributed by atoms with Gasteiger partial charge < -0.3 is 20.1 Å². The number of rotatable bonds is 7. The maximum absolute atomic E-state index is 11.6. The fourth-order valence-electron chi connectivity index (χ4n) is 2.48. The van der Waals surface area contributed by atoms with Crippen LogP contribution in [0.1, 0.15) is 37.9 Å². The second-order valence-corrected chi connectivity index (χ2v) is 5.61. The van der Waals surface area contributed by atoms with Crippen LogP contribution in [0.15, 0.2) is 24.3 Å². The number of hydrogen-bond acceptors (Lipinski definition) is 4. The number of unbranched alkanes of at least 4 members (excludes halogenated alkanes) is 1. The number of morpholine rings is 1. The van der Waals surface area contributed by atoms with Crippen LogP contribution in [0.5, 0.6) is 0 Å². The van der Waals surface area contributed by atoms with Gasteiger partial charge in [0, 0.05) is 31.7 Å². The highest BCUT2D eigenvalue weighted by molar-refractivity contribution is 5.75. The third-order valence-electron chi connectivity index (χ3n) is 3.90. The average Bonchev–Trinajstić information content (AvgIpc) is 2.58. The molecule has 1 fully saturated rings. The van der Waals surface area contributed by atoms with Crippen LogP contribution in [0, 0.1) is 0 Å². The number of nitrogens with one attached hydrogen (secondary N) is 1. The molecule has 1 amide bonds. The molecule has 0 aliphatic carbocycles. The van der Waals surface area contributed by atoms with Crippen LogP contribution >= 0.6 is 0 Å². The number of hydrogen-bond donors (Lipinski definition) is 2. The molecule has 0 spiro atoms. The molecule has 0 radical (unpaired) electrons. The SMILES string of the molecule is CCCCC(=O)NCC(O)c1ccc(N2CCOCC2)cc1. The van der Waals surface area contributed by atoms with Gasteiger partial charge in [-0.25, -0.2) is 0 Å². The van der Waals surface area contributed by atoms with Gasteiger partial charge >= 0.3 is 0 Å². The van der Waals surface area contributed by atoms with Crippen LogP contribution in [0.2, 0.25) is 0 Å². The Labute approximate surface area is 132 Å². The standard InChI is InChI=1S/C17H26N2O3/c1-2-3-4-17(21)18-13-16(20)14-5-7-15(8-6-14)19-9-11-22-12-10-19/h5-8,16,20H,2-4,9-13H2,1H3,(H,18,21). The van der Waals surface area contributed by atoms with Crippen LogP contribution < -0.4 is 10.2 Å². The van der Waals surface area contributed by atoms with Gasteiger partial charge in [0.2, 0.25) is 5.91 Å². The summed E-state index contributed by atoms with van der Waals surface area (Å²) < 4.78 is 5.34. The predicted octanol–water partition coefficient (Wildman–Crippen LogP) is 1.86. The first-order valence-corrected chi connectivity index (χ1v) is 8.08. The third kappa shape index (κ3) is 5.00. The lowest BCUT2D eigenvalue weighted by Gasteiger charge is -2.29. The molecular formula is C17H26N2O3. The Kier molecular flexibility index (Phi) is 6.68. The van der Waals surface area contributed by atoms with Gasteiger partial charge in [0.15, 0.2) is 0 Å². The van der Waals surface area contributed by atoms with E-state index in [1.165, 1.54) is 0 Å². The van der Waals surface area contributed by atoms with Crippen molar-refractivity contribution in [3.05, 3.63) is 29.8 Å². The van der Waals surface area contributed by atoms with Crippen molar-refractivity contribution in [1.82, 2.24) is 5.32 Å². The number of nitrogens with zero attached hydrogens (tertiary/aromatic N) is 1. The van der Waals surface area contributed by atoms with Gasteiger partial charge in [0.05, 0.1) is 19.3 Å². The summed E-state index contributed by atoms with van der Waals surface area (Å²) >= 11 is 0. The van der Waals surface area contributed by atoms with Crippen LogP contribution in [-0.2, 0) is 9.53 Å². The monoisotopic (exact) mass is 306 g/mol. The molecule has 0 bridgehead atoms. The zero-order valence-electron chi connectivity index (χ0n) is 13.3. The first-order chi connectivity index (χ1) is 10.7. The van der Waals surface area contributed by atoms with E-state index in [-0.39, 0.29) is 12.5 Å². The molecule has 1 aliphatic heterocycles. The normalized spacial score (nSPS) is 16.4. The smallest absolute Gasteiger partial charge is 0.220 e. The van der Waals surface area contributed by atoms with Gasteiger partial charge in [0.1, 0.15) is 0 Å². The maximum atomic E-state index is 11.6. The van der Waals surface area contributed by atoms with Gasteiger partial charge in [-0.1, -0.05) is 25.5 Å². The summed E-state index contributed by atoms with van der Waals surface area (Å²) in [4.78, 5) is 13.8. The van der Waals surface area contributed by atoms with Gasteiger partial charge in [-0.15, -0.1) is 0 Å². The molecule has 2 N–H and O–H groups in total. The topological polar surface area (TPSA) is 61.8 Å². The molecule has 1 unspecified atom stereocenters. The highest BCUT2D eigenvalue weighted by Gasteiger charge is 2.13. The summed E-state index contributed by atoms with van der Waals surface area (Å²) in [6.07, 6.45) is 1.75. The summed E-state index contributed by atoms with van der Waals surface area (Å²) in [7, 11) is 0. The van der Waals surface area contributed by atoms with E-state index in [1.54, 1.807) is 0 Å². The predicted molar refractivity (Wildman–Crippen MR) is 87.0 cm³/mol.